The average molecular weight is 965 g/mol. The van der Waals surface area contributed by atoms with Crippen molar-refractivity contribution >= 4 is 41.7 Å². The van der Waals surface area contributed by atoms with Crippen molar-refractivity contribution in [1.82, 2.24) is 61.0 Å². The Bertz CT molecular complexity index is 1970. The fraction of sp³-hybridized carbons (Fsp3) is 0.854. The van der Waals surface area contributed by atoms with E-state index in [1.54, 1.807) is 48.5 Å². The fourth-order valence-corrected chi connectivity index (χ4v) is 3.09. The van der Waals surface area contributed by atoms with Gasteiger partial charge in [0.25, 0.3) is 6.92 Å². The van der Waals surface area contributed by atoms with Gasteiger partial charge in [0.15, 0.2) is 33.1 Å². The predicted octanol–water partition coefficient (Wildman–Crippen LogP) is 6.72. The van der Waals surface area contributed by atoms with Crippen molar-refractivity contribution < 1.29 is 42.4 Å². The summed E-state index contributed by atoms with van der Waals surface area (Å²) < 4.78 is 32.8. The normalized spacial score (nSPS) is 12.8. The van der Waals surface area contributed by atoms with Gasteiger partial charge in [0.05, 0.1) is 4.75 Å². The summed E-state index contributed by atoms with van der Waals surface area (Å²) in [5, 5.41) is 52.9. The highest BCUT2D eigenvalue weighted by atomic mass is 32.2. The van der Waals surface area contributed by atoms with Crippen molar-refractivity contribution in [2.75, 3.05) is 12.9 Å². The minimum absolute atomic E-state index is 0.0258. The molecule has 1 unspecified atom stereocenters. The van der Waals surface area contributed by atoms with E-state index in [-0.39, 0.29) is 53.2 Å². The minimum atomic E-state index is -2.85. The van der Waals surface area contributed by atoms with E-state index in [4.69, 9.17) is 15.0 Å². The van der Waals surface area contributed by atoms with Gasteiger partial charge in [0, 0.05) is 40.2 Å². The van der Waals surface area contributed by atoms with Crippen LogP contribution in [0, 0.1) is 10.8 Å². The first-order valence-corrected chi connectivity index (χ1v) is 25.2. The van der Waals surface area contributed by atoms with Gasteiger partial charge in [-0.05, 0) is 62.0 Å². The number of carboxylic acid groups (broad SMARTS) is 1. The second-order valence-electron chi connectivity index (χ2n) is 22.2. The molecule has 0 saturated heterocycles. The van der Waals surface area contributed by atoms with Crippen LogP contribution in [0.4, 0.5) is 0 Å². The average Bonchev–Trinajstić information content (AvgIpc) is 3.81. The Hall–Kier alpha value is -3.82. The van der Waals surface area contributed by atoms with Crippen LogP contribution in [0.3, 0.4) is 0 Å². The number of Topliss-reactive ketones (excluding diaryl/α,β-unsaturated/α-hetero) is 2. The van der Waals surface area contributed by atoms with Gasteiger partial charge in [-0.15, -0.1) is 25.5 Å². The first-order chi connectivity index (χ1) is 28.5. The number of carbonyl (C=O) groups is 3. The number of carbonyl (C=O) groups excluding carboxylic acids is 2. The highest BCUT2D eigenvalue weighted by Gasteiger charge is 2.28. The van der Waals surface area contributed by atoms with Crippen molar-refractivity contribution in [1.29, 1.82) is 0 Å². The SMILES string of the molecule is CB(O)CC(C)(C)C.CC(=O)C(C)(C)C.CC(=O)Cn1nnc(C(C)(C)C)n1.CC(C)(C)P(C)(=O)O.CC(C)(C)S(C)(=O)=O.CC(C)(C)c1nnnn1CC(=O)O.CC(C)c1nn[nH]n1. The van der Waals surface area contributed by atoms with E-state index in [0.717, 1.165) is 12.1 Å². The van der Waals surface area contributed by atoms with E-state index in [1.807, 2.05) is 83.0 Å². The van der Waals surface area contributed by atoms with Gasteiger partial charge in [-0.1, -0.05) is 130 Å². The summed E-state index contributed by atoms with van der Waals surface area (Å²) in [6.45, 7) is 44.4. The standard InChI is InChI=1S/C8H14N4O.C7H12N4O2.C6H15BO.C6H12O.C5H13O2P.C5H12O2S.C4H8N4/c1-6(13)5-12-10-7(9-11-12)8(2,3)4;1-7(2,3)6-8-9-10-11(6)4-5(12)13;1-6(2,3)5-7(4)8;1-5(7)6(2,3)4;2*1-5(2,3)8(4,6)7;1-3(2)4-5-7-8-6-4/h5H2,1-4H3;4H2,1-3H3,(H,12,13);8H,5H2,1-4H3;1-4H3;1-4H3,(H,6,7);1-4H3;3H,1-2H3,(H,5,6,7,8). The Morgan fingerprint density at radius 2 is 1.23 bits per heavy atom. The molecule has 0 saturated carbocycles. The summed E-state index contributed by atoms with van der Waals surface area (Å²) in [7, 11) is -5.69. The predicted molar refractivity (Wildman–Crippen MR) is 258 cm³/mol. The third kappa shape index (κ3) is 36.0. The largest absolute Gasteiger partial charge is 0.480 e. The van der Waals surface area contributed by atoms with Crippen LogP contribution >= 0.6 is 7.37 Å². The second-order valence-corrected chi connectivity index (χ2v) is 28.0. The van der Waals surface area contributed by atoms with Crippen molar-refractivity contribution in [2.45, 2.75) is 205 Å². The van der Waals surface area contributed by atoms with Gasteiger partial charge in [0.2, 0.25) is 7.37 Å². The quantitative estimate of drug-likeness (QED) is 0.147. The third-order valence-corrected chi connectivity index (χ3v) is 12.9. The van der Waals surface area contributed by atoms with Crippen molar-refractivity contribution in [3.8, 4) is 0 Å². The van der Waals surface area contributed by atoms with Crippen LogP contribution in [0.15, 0.2) is 0 Å². The van der Waals surface area contributed by atoms with E-state index < -0.39 is 33.1 Å². The molecule has 21 nitrogen and oxygen atoms in total. The number of carboxylic acids is 1. The summed E-state index contributed by atoms with van der Waals surface area (Å²) in [5.41, 5.74) is -0.220. The number of H-pyrrole nitrogens is 1. The number of aliphatic carboxylic acids is 1. The molecule has 0 bridgehead atoms. The molecule has 4 N–H and O–H groups in total. The van der Waals surface area contributed by atoms with Crippen LogP contribution in [0.25, 0.3) is 0 Å². The second kappa shape index (κ2) is 27.7. The Morgan fingerprint density at radius 3 is 1.43 bits per heavy atom. The molecule has 65 heavy (non-hydrogen) atoms. The van der Waals surface area contributed by atoms with Gasteiger partial charge in [-0.25, -0.2) is 13.1 Å². The third-order valence-electron chi connectivity index (χ3n) is 8.17. The van der Waals surface area contributed by atoms with Crippen LogP contribution in [-0.2, 0) is 52.7 Å². The van der Waals surface area contributed by atoms with E-state index in [9.17, 15) is 27.4 Å². The van der Waals surface area contributed by atoms with Gasteiger partial charge in [-0.2, -0.15) is 10.0 Å². The maximum absolute atomic E-state index is 10.8. The Balaban J connectivity index is -0.000000339. The molecule has 0 aromatic carbocycles. The molecule has 1 atom stereocenters. The molecule has 378 valence electrons. The van der Waals surface area contributed by atoms with E-state index in [0.29, 0.717) is 17.6 Å². The Kier molecular flexibility index (Phi) is 28.9. The number of rotatable bonds is 6. The lowest BCUT2D eigenvalue weighted by Crippen LogP contribution is -2.26. The number of tetrazole rings is 3. The molecule has 3 aromatic heterocycles. The van der Waals surface area contributed by atoms with Crippen molar-refractivity contribution in [3.63, 3.8) is 0 Å². The highest BCUT2D eigenvalue weighted by molar-refractivity contribution is 7.92. The lowest BCUT2D eigenvalue weighted by atomic mass is 9.60. The zero-order valence-corrected chi connectivity index (χ0v) is 46.1. The van der Waals surface area contributed by atoms with Crippen LogP contribution < -0.4 is 0 Å². The van der Waals surface area contributed by atoms with Crippen LogP contribution in [0.5, 0.6) is 0 Å². The molecule has 0 aliphatic heterocycles. The minimum Gasteiger partial charge on any atom is -0.480 e. The van der Waals surface area contributed by atoms with E-state index in [2.05, 4.69) is 72.3 Å². The lowest BCUT2D eigenvalue weighted by Gasteiger charge is -2.21. The summed E-state index contributed by atoms with van der Waals surface area (Å²) in [6, 6.07) is 0. The van der Waals surface area contributed by atoms with Gasteiger partial charge in [-0.3, -0.25) is 18.9 Å². The van der Waals surface area contributed by atoms with Crippen LogP contribution in [0.1, 0.15) is 176 Å². The maximum atomic E-state index is 10.8. The van der Waals surface area contributed by atoms with Crippen LogP contribution in [-0.4, -0.2) is 132 Å². The monoisotopic (exact) mass is 965 g/mol. The number of sulfone groups is 1. The first-order valence-electron chi connectivity index (χ1n) is 21.2. The van der Waals surface area contributed by atoms with Gasteiger partial charge in [0.1, 0.15) is 18.9 Å². The smallest absolute Gasteiger partial charge is 0.325 e. The number of hydrogen-bond donors (Lipinski definition) is 4. The number of nitrogens with one attached hydrogen (secondary N) is 1. The molecule has 0 amide bonds. The zero-order chi connectivity index (χ0) is 53.0. The fourth-order valence-electron chi connectivity index (χ4n) is 3.09. The molecular formula is C41H86BN12O9PS. The zero-order valence-electron chi connectivity index (χ0n) is 44.3. The Labute approximate surface area is 390 Å². The van der Waals surface area contributed by atoms with Crippen molar-refractivity contribution in [3.05, 3.63) is 17.5 Å². The number of aromatic amines is 1. The molecule has 0 radical (unpaired) electrons. The van der Waals surface area contributed by atoms with Crippen LogP contribution in [0.2, 0.25) is 13.1 Å². The topological polar surface area (TPSA) is 305 Å². The molecule has 3 aromatic rings. The summed E-state index contributed by atoms with van der Waals surface area (Å²) in [4.78, 5) is 41.9. The molecule has 0 fully saturated rings. The molecule has 3 heterocycles. The molecule has 0 aliphatic rings. The number of nitrogens with zero attached hydrogens (tertiary/aromatic N) is 11. The van der Waals surface area contributed by atoms with Gasteiger partial charge >= 0.3 is 5.97 Å². The molecular weight excluding hydrogens is 878 g/mol. The van der Waals surface area contributed by atoms with Crippen molar-refractivity contribution in [2.24, 2.45) is 10.8 Å². The number of hydrogen-bond acceptors (Lipinski definition) is 16. The summed E-state index contributed by atoms with van der Waals surface area (Å²) in [6.07, 6.45) is 2.12. The summed E-state index contributed by atoms with van der Waals surface area (Å²) >= 11 is 0. The molecule has 0 spiro atoms. The van der Waals surface area contributed by atoms with E-state index >= 15 is 0 Å². The van der Waals surface area contributed by atoms with Gasteiger partial charge < -0.3 is 15.0 Å². The maximum Gasteiger partial charge on any atom is 0.325 e. The molecule has 3 rings (SSSR count). The lowest BCUT2D eigenvalue weighted by molar-refractivity contribution is -0.138. The van der Waals surface area contributed by atoms with E-state index in [1.165, 1.54) is 29.3 Å². The number of ketones is 2. The molecule has 0 aliphatic carbocycles. The Morgan fingerprint density at radius 1 is 0.800 bits per heavy atom. The highest BCUT2D eigenvalue weighted by Crippen LogP contribution is 2.49. The first kappa shape index (κ1) is 67.8. The number of aromatic nitrogens is 12. The summed E-state index contributed by atoms with van der Waals surface area (Å²) in [5.74, 6) is 1.70. The molecule has 24 heteroatoms.